The second kappa shape index (κ2) is 7.92. The highest BCUT2D eigenvalue weighted by Crippen LogP contribution is 2.19. The topological polar surface area (TPSA) is 75.3 Å². The zero-order chi connectivity index (χ0) is 17.7. The Hall–Kier alpha value is -1.70. The Labute approximate surface area is 147 Å². The van der Waals surface area contributed by atoms with Crippen LogP contribution in [0.1, 0.15) is 26.3 Å². The van der Waals surface area contributed by atoms with E-state index in [-0.39, 0.29) is 16.0 Å². The SMILES string of the molecule is CCc1ccccc1NC(=O)[C@@H](NS(=O)(=O)c1cccs1)C(C)C. The number of carbonyl (C=O) groups excluding carboxylic acids is 1. The van der Waals surface area contributed by atoms with Gasteiger partial charge >= 0.3 is 0 Å². The zero-order valence-corrected chi connectivity index (χ0v) is 15.6. The molecule has 0 bridgehead atoms. The summed E-state index contributed by atoms with van der Waals surface area (Å²) in [6.07, 6.45) is 0.781. The summed E-state index contributed by atoms with van der Waals surface area (Å²) in [5.74, 6) is -0.542. The third kappa shape index (κ3) is 4.43. The van der Waals surface area contributed by atoms with Gasteiger partial charge < -0.3 is 5.32 Å². The molecule has 5 nitrogen and oxygen atoms in total. The number of para-hydroxylation sites is 1. The standard InChI is InChI=1S/C17H22N2O3S2/c1-4-13-8-5-6-9-14(13)18-17(20)16(12(2)3)19-24(21,22)15-10-7-11-23-15/h5-12,16,19H,4H2,1-3H3,(H,18,20)/t16-/m0/s1. The van der Waals surface area contributed by atoms with E-state index in [0.717, 1.165) is 23.3 Å². The predicted octanol–water partition coefficient (Wildman–Crippen LogP) is 3.25. The summed E-state index contributed by atoms with van der Waals surface area (Å²) in [6.45, 7) is 5.63. The van der Waals surface area contributed by atoms with Crippen molar-refractivity contribution in [1.82, 2.24) is 4.72 Å². The van der Waals surface area contributed by atoms with Crippen LogP contribution in [0.25, 0.3) is 0 Å². The minimum atomic E-state index is -3.71. The van der Waals surface area contributed by atoms with E-state index < -0.39 is 16.1 Å². The monoisotopic (exact) mass is 366 g/mol. The van der Waals surface area contributed by atoms with Gasteiger partial charge in [0, 0.05) is 5.69 Å². The number of nitrogens with one attached hydrogen (secondary N) is 2. The van der Waals surface area contributed by atoms with Gasteiger partial charge in [-0.2, -0.15) is 4.72 Å². The highest BCUT2D eigenvalue weighted by Gasteiger charge is 2.29. The maximum Gasteiger partial charge on any atom is 0.250 e. The van der Waals surface area contributed by atoms with Crippen LogP contribution in [0.2, 0.25) is 0 Å². The van der Waals surface area contributed by atoms with E-state index in [1.54, 1.807) is 11.4 Å². The minimum absolute atomic E-state index is 0.187. The van der Waals surface area contributed by atoms with Crippen LogP contribution in [0.15, 0.2) is 46.0 Å². The summed E-state index contributed by atoms with van der Waals surface area (Å²) < 4.78 is 27.5. The van der Waals surface area contributed by atoms with Crippen molar-refractivity contribution in [2.24, 2.45) is 5.92 Å². The molecule has 0 aliphatic heterocycles. The van der Waals surface area contributed by atoms with E-state index in [0.29, 0.717) is 5.69 Å². The average molecular weight is 367 g/mol. The molecule has 1 aromatic heterocycles. The summed E-state index contributed by atoms with van der Waals surface area (Å²) in [5, 5.41) is 4.54. The van der Waals surface area contributed by atoms with Crippen LogP contribution in [0.4, 0.5) is 5.69 Å². The molecule has 0 unspecified atom stereocenters. The molecular weight excluding hydrogens is 344 g/mol. The normalized spacial score (nSPS) is 13.0. The number of rotatable bonds is 7. The largest absolute Gasteiger partial charge is 0.324 e. The lowest BCUT2D eigenvalue weighted by Crippen LogP contribution is -2.46. The Morgan fingerprint density at radius 2 is 1.88 bits per heavy atom. The second-order valence-corrected chi connectivity index (χ2v) is 8.66. The van der Waals surface area contributed by atoms with Gasteiger partial charge in [0.2, 0.25) is 5.91 Å². The Bertz CT molecular complexity index is 784. The molecule has 1 amide bonds. The van der Waals surface area contributed by atoms with Crippen molar-refractivity contribution in [1.29, 1.82) is 0 Å². The Morgan fingerprint density at radius 1 is 1.17 bits per heavy atom. The molecule has 24 heavy (non-hydrogen) atoms. The first-order chi connectivity index (χ1) is 11.3. The van der Waals surface area contributed by atoms with E-state index in [1.165, 1.54) is 6.07 Å². The summed E-state index contributed by atoms with van der Waals surface area (Å²) in [5.41, 5.74) is 1.72. The van der Waals surface area contributed by atoms with E-state index in [9.17, 15) is 13.2 Å². The number of carbonyl (C=O) groups is 1. The van der Waals surface area contributed by atoms with Gasteiger partial charge in [-0.15, -0.1) is 11.3 Å². The number of sulfonamides is 1. The summed E-state index contributed by atoms with van der Waals surface area (Å²) in [4.78, 5) is 12.6. The maximum atomic E-state index is 12.6. The van der Waals surface area contributed by atoms with Crippen LogP contribution in [-0.2, 0) is 21.2 Å². The number of amides is 1. The molecule has 2 aromatic rings. The van der Waals surface area contributed by atoms with Crippen molar-refractivity contribution in [2.75, 3.05) is 5.32 Å². The van der Waals surface area contributed by atoms with Gasteiger partial charge in [-0.25, -0.2) is 8.42 Å². The average Bonchev–Trinajstić information content (AvgIpc) is 3.08. The molecule has 1 aromatic carbocycles. The van der Waals surface area contributed by atoms with Gasteiger partial charge in [0.25, 0.3) is 10.0 Å². The van der Waals surface area contributed by atoms with Gasteiger partial charge in [-0.05, 0) is 35.4 Å². The van der Waals surface area contributed by atoms with Crippen LogP contribution in [0, 0.1) is 5.92 Å². The first kappa shape index (κ1) is 18.6. The molecule has 0 saturated heterocycles. The molecule has 0 spiro atoms. The summed E-state index contributed by atoms with van der Waals surface area (Å²) in [7, 11) is -3.71. The van der Waals surface area contributed by atoms with Gasteiger partial charge in [0.05, 0.1) is 0 Å². The summed E-state index contributed by atoms with van der Waals surface area (Å²) >= 11 is 1.12. The molecule has 0 aliphatic carbocycles. The lowest BCUT2D eigenvalue weighted by atomic mass is 10.0. The van der Waals surface area contributed by atoms with E-state index >= 15 is 0 Å². The number of hydrogen-bond acceptors (Lipinski definition) is 4. The number of benzene rings is 1. The van der Waals surface area contributed by atoms with E-state index in [1.807, 2.05) is 45.0 Å². The van der Waals surface area contributed by atoms with Gasteiger partial charge in [0.1, 0.15) is 10.3 Å². The molecule has 0 fully saturated rings. The smallest absolute Gasteiger partial charge is 0.250 e. The highest BCUT2D eigenvalue weighted by atomic mass is 32.2. The maximum absolute atomic E-state index is 12.6. The Balaban J connectivity index is 2.20. The number of thiophene rings is 1. The third-order valence-electron chi connectivity index (χ3n) is 3.65. The van der Waals surface area contributed by atoms with Crippen LogP contribution in [-0.4, -0.2) is 20.4 Å². The highest BCUT2D eigenvalue weighted by molar-refractivity contribution is 7.91. The third-order valence-corrected chi connectivity index (χ3v) is 6.49. The molecule has 0 saturated carbocycles. The molecule has 7 heteroatoms. The van der Waals surface area contributed by atoms with Gasteiger partial charge in [-0.3, -0.25) is 4.79 Å². The minimum Gasteiger partial charge on any atom is -0.324 e. The number of anilines is 1. The zero-order valence-electron chi connectivity index (χ0n) is 13.9. The van der Waals surface area contributed by atoms with E-state index in [4.69, 9.17) is 0 Å². The fourth-order valence-corrected chi connectivity index (χ4v) is 4.65. The Morgan fingerprint density at radius 3 is 2.46 bits per heavy atom. The molecule has 2 rings (SSSR count). The van der Waals surface area contributed by atoms with Crippen molar-refractivity contribution in [3.63, 3.8) is 0 Å². The van der Waals surface area contributed by atoms with Crippen molar-refractivity contribution < 1.29 is 13.2 Å². The number of aryl methyl sites for hydroxylation is 1. The molecule has 1 atom stereocenters. The van der Waals surface area contributed by atoms with Crippen molar-refractivity contribution >= 4 is 33.0 Å². The summed E-state index contributed by atoms with van der Waals surface area (Å²) in [6, 6.07) is 9.86. The first-order valence-electron chi connectivity index (χ1n) is 7.79. The molecule has 0 radical (unpaired) electrons. The predicted molar refractivity (Wildman–Crippen MR) is 97.7 cm³/mol. The lowest BCUT2D eigenvalue weighted by Gasteiger charge is -2.22. The molecule has 2 N–H and O–H groups in total. The molecule has 0 aliphatic rings. The van der Waals surface area contributed by atoms with Gasteiger partial charge in [-0.1, -0.05) is 45.0 Å². The molecule has 1 heterocycles. The van der Waals surface area contributed by atoms with E-state index in [2.05, 4.69) is 10.0 Å². The van der Waals surface area contributed by atoms with Crippen molar-refractivity contribution in [2.45, 2.75) is 37.4 Å². The van der Waals surface area contributed by atoms with Crippen LogP contribution in [0.3, 0.4) is 0 Å². The van der Waals surface area contributed by atoms with Crippen LogP contribution in [0.5, 0.6) is 0 Å². The van der Waals surface area contributed by atoms with Gasteiger partial charge in [0.15, 0.2) is 0 Å². The Kier molecular flexibility index (Phi) is 6.15. The lowest BCUT2D eigenvalue weighted by molar-refractivity contribution is -0.118. The first-order valence-corrected chi connectivity index (χ1v) is 10.2. The quantitative estimate of drug-likeness (QED) is 0.790. The number of hydrogen-bond donors (Lipinski definition) is 2. The van der Waals surface area contributed by atoms with Crippen molar-refractivity contribution in [3.8, 4) is 0 Å². The van der Waals surface area contributed by atoms with Crippen LogP contribution < -0.4 is 10.0 Å². The second-order valence-electron chi connectivity index (χ2n) is 5.78. The van der Waals surface area contributed by atoms with Crippen molar-refractivity contribution in [3.05, 3.63) is 47.3 Å². The fourth-order valence-electron chi connectivity index (χ4n) is 2.30. The fraction of sp³-hybridized carbons (Fsp3) is 0.353. The van der Waals surface area contributed by atoms with Crippen LogP contribution >= 0.6 is 11.3 Å². The molecule has 130 valence electrons. The molecular formula is C17H22N2O3S2.